The molecule has 2 atom stereocenters. The lowest BCUT2D eigenvalue weighted by Crippen LogP contribution is -2.30. The van der Waals surface area contributed by atoms with Crippen molar-refractivity contribution in [2.75, 3.05) is 4.90 Å². The summed E-state index contributed by atoms with van der Waals surface area (Å²) >= 11 is 9.49. The summed E-state index contributed by atoms with van der Waals surface area (Å²) in [5, 5.41) is 4.26. The molecular formula is C26H23BrN4S. The zero-order chi connectivity index (χ0) is 22.2. The van der Waals surface area contributed by atoms with Gasteiger partial charge in [0.25, 0.3) is 0 Å². The lowest BCUT2D eigenvalue weighted by molar-refractivity contribution is 0.549. The van der Waals surface area contributed by atoms with E-state index in [0.29, 0.717) is 5.11 Å². The fourth-order valence-corrected chi connectivity index (χ4v) is 5.04. The maximum atomic E-state index is 5.88. The highest BCUT2D eigenvalue weighted by atomic mass is 79.9. The van der Waals surface area contributed by atoms with Crippen LogP contribution in [0.2, 0.25) is 0 Å². The molecule has 160 valence electrons. The number of aryl methyl sites for hydroxylation is 2. The Hall–Kier alpha value is -2.96. The van der Waals surface area contributed by atoms with Crippen molar-refractivity contribution in [1.82, 2.24) is 14.9 Å². The molecule has 0 spiro atoms. The quantitative estimate of drug-likeness (QED) is 0.326. The van der Waals surface area contributed by atoms with Crippen molar-refractivity contribution < 1.29 is 0 Å². The Morgan fingerprint density at radius 1 is 0.906 bits per heavy atom. The summed E-state index contributed by atoms with van der Waals surface area (Å²) in [5.41, 5.74) is 6.79. The SMILES string of the molecule is Cc1ccc(N2C(=S)N[C@H](c3ccccn3)[C@H]2c2cccn2-c2cccc(Br)c2)cc1C. The van der Waals surface area contributed by atoms with Gasteiger partial charge < -0.3 is 14.8 Å². The van der Waals surface area contributed by atoms with E-state index in [1.807, 2.05) is 24.4 Å². The average molecular weight is 503 g/mol. The number of hydrogen-bond donors (Lipinski definition) is 1. The molecule has 0 saturated carbocycles. The second-order valence-electron chi connectivity index (χ2n) is 8.05. The van der Waals surface area contributed by atoms with Crippen molar-refractivity contribution >= 4 is 38.9 Å². The van der Waals surface area contributed by atoms with E-state index in [-0.39, 0.29) is 12.1 Å². The van der Waals surface area contributed by atoms with Crippen LogP contribution in [0, 0.1) is 13.8 Å². The molecule has 1 N–H and O–H groups in total. The highest BCUT2D eigenvalue weighted by Crippen LogP contribution is 2.42. The van der Waals surface area contributed by atoms with Gasteiger partial charge in [-0.1, -0.05) is 34.1 Å². The third kappa shape index (κ3) is 3.74. The van der Waals surface area contributed by atoms with E-state index in [2.05, 4.69) is 110 Å². The summed E-state index contributed by atoms with van der Waals surface area (Å²) in [5.74, 6) is 0. The fourth-order valence-electron chi connectivity index (χ4n) is 4.31. The number of pyridine rings is 1. The van der Waals surface area contributed by atoms with E-state index < -0.39 is 0 Å². The smallest absolute Gasteiger partial charge is 0.174 e. The first-order chi connectivity index (χ1) is 15.5. The molecule has 1 aliphatic rings. The summed E-state index contributed by atoms with van der Waals surface area (Å²) in [6, 6.07) is 25.0. The molecule has 3 heterocycles. The van der Waals surface area contributed by atoms with Crippen molar-refractivity contribution in [2.24, 2.45) is 0 Å². The first kappa shape index (κ1) is 20.9. The van der Waals surface area contributed by atoms with Crippen molar-refractivity contribution in [3.63, 3.8) is 0 Å². The van der Waals surface area contributed by atoms with Crippen LogP contribution in [-0.4, -0.2) is 14.7 Å². The molecule has 0 unspecified atom stereocenters. The van der Waals surface area contributed by atoms with Crippen LogP contribution < -0.4 is 10.2 Å². The van der Waals surface area contributed by atoms with Gasteiger partial charge in [-0.05, 0) is 91.8 Å². The monoisotopic (exact) mass is 502 g/mol. The maximum absolute atomic E-state index is 5.88. The molecule has 2 aromatic carbocycles. The van der Waals surface area contributed by atoms with E-state index in [4.69, 9.17) is 12.2 Å². The molecule has 4 aromatic rings. The lowest BCUT2D eigenvalue weighted by atomic mass is 10.00. The molecule has 0 bridgehead atoms. The lowest BCUT2D eigenvalue weighted by Gasteiger charge is -2.29. The molecular weight excluding hydrogens is 480 g/mol. The molecule has 0 radical (unpaired) electrons. The minimum Gasteiger partial charge on any atom is -0.351 e. The molecule has 5 rings (SSSR count). The van der Waals surface area contributed by atoms with Crippen LogP contribution in [0.25, 0.3) is 5.69 Å². The Labute approximate surface area is 202 Å². The number of nitrogens with zero attached hydrogens (tertiary/aromatic N) is 3. The van der Waals surface area contributed by atoms with Crippen LogP contribution in [0.1, 0.15) is 34.6 Å². The Kier molecular flexibility index (Phi) is 5.57. The van der Waals surface area contributed by atoms with E-state index in [9.17, 15) is 0 Å². The van der Waals surface area contributed by atoms with E-state index in [0.717, 1.165) is 27.2 Å². The van der Waals surface area contributed by atoms with Crippen LogP contribution in [-0.2, 0) is 0 Å². The number of aromatic nitrogens is 2. The molecule has 32 heavy (non-hydrogen) atoms. The van der Waals surface area contributed by atoms with Crippen molar-refractivity contribution in [3.05, 3.63) is 112 Å². The standard InChI is InChI=1S/C26H23BrN4S/c1-17-11-12-21(15-18(17)2)31-25(24(29-26(31)32)22-9-3-4-13-28-22)23-10-6-14-30(23)20-8-5-7-19(27)16-20/h3-16,24-25H,1-2H3,(H,29,32)/t24-,25-/m1/s1. The van der Waals surface area contributed by atoms with Gasteiger partial charge in [0.2, 0.25) is 0 Å². The van der Waals surface area contributed by atoms with Crippen LogP contribution in [0.5, 0.6) is 0 Å². The second kappa shape index (κ2) is 8.52. The minimum absolute atomic E-state index is 0.0616. The first-order valence-electron chi connectivity index (χ1n) is 10.5. The molecule has 2 aromatic heterocycles. The Bertz CT molecular complexity index is 1280. The van der Waals surface area contributed by atoms with Crippen molar-refractivity contribution in [2.45, 2.75) is 25.9 Å². The van der Waals surface area contributed by atoms with Gasteiger partial charge in [0.05, 0.1) is 11.7 Å². The van der Waals surface area contributed by atoms with Gasteiger partial charge in [0.1, 0.15) is 6.04 Å². The summed E-state index contributed by atoms with van der Waals surface area (Å²) in [6.07, 6.45) is 3.94. The summed E-state index contributed by atoms with van der Waals surface area (Å²) in [7, 11) is 0. The first-order valence-corrected chi connectivity index (χ1v) is 11.7. The molecule has 0 amide bonds. The second-order valence-corrected chi connectivity index (χ2v) is 9.35. The molecule has 6 heteroatoms. The Morgan fingerprint density at radius 3 is 2.53 bits per heavy atom. The zero-order valence-corrected chi connectivity index (χ0v) is 20.3. The van der Waals surface area contributed by atoms with Gasteiger partial charge in [-0.3, -0.25) is 4.98 Å². The summed E-state index contributed by atoms with van der Waals surface area (Å²) in [6.45, 7) is 4.27. The molecule has 1 saturated heterocycles. The Balaban J connectivity index is 1.68. The predicted octanol–water partition coefficient (Wildman–Crippen LogP) is 6.43. The number of benzene rings is 2. The van der Waals surface area contributed by atoms with Gasteiger partial charge in [-0.25, -0.2) is 0 Å². The average Bonchev–Trinajstić information content (AvgIpc) is 3.40. The number of nitrogens with one attached hydrogen (secondary N) is 1. The van der Waals surface area contributed by atoms with E-state index >= 15 is 0 Å². The number of anilines is 1. The summed E-state index contributed by atoms with van der Waals surface area (Å²) in [4.78, 5) is 6.89. The maximum Gasteiger partial charge on any atom is 0.174 e. The van der Waals surface area contributed by atoms with E-state index in [1.54, 1.807) is 0 Å². The highest BCUT2D eigenvalue weighted by Gasteiger charge is 2.42. The van der Waals surface area contributed by atoms with Crippen LogP contribution in [0.15, 0.2) is 89.7 Å². The zero-order valence-electron chi connectivity index (χ0n) is 17.9. The Morgan fingerprint density at radius 2 is 1.78 bits per heavy atom. The molecule has 1 fully saturated rings. The molecule has 4 nitrogen and oxygen atoms in total. The third-order valence-corrected chi connectivity index (χ3v) is 6.84. The molecule has 1 aliphatic heterocycles. The third-order valence-electron chi connectivity index (χ3n) is 6.04. The number of hydrogen-bond acceptors (Lipinski definition) is 2. The van der Waals surface area contributed by atoms with Gasteiger partial charge >= 0.3 is 0 Å². The molecule has 0 aliphatic carbocycles. The summed E-state index contributed by atoms with van der Waals surface area (Å²) < 4.78 is 3.27. The van der Waals surface area contributed by atoms with Crippen molar-refractivity contribution in [3.8, 4) is 5.69 Å². The number of thiocarbonyl (C=S) groups is 1. The highest BCUT2D eigenvalue weighted by molar-refractivity contribution is 9.10. The van der Waals surface area contributed by atoms with Gasteiger partial charge in [0.15, 0.2) is 5.11 Å². The van der Waals surface area contributed by atoms with Crippen LogP contribution in [0.3, 0.4) is 0 Å². The minimum atomic E-state index is -0.0777. The fraction of sp³-hybridized carbons (Fsp3) is 0.154. The predicted molar refractivity (Wildman–Crippen MR) is 137 cm³/mol. The van der Waals surface area contributed by atoms with Gasteiger partial charge in [-0.2, -0.15) is 0 Å². The van der Waals surface area contributed by atoms with E-state index in [1.165, 1.54) is 11.1 Å². The normalized spacial score (nSPS) is 18.1. The van der Waals surface area contributed by atoms with Gasteiger partial charge in [0, 0.05) is 33.9 Å². The number of rotatable bonds is 4. The number of halogens is 1. The van der Waals surface area contributed by atoms with Crippen molar-refractivity contribution in [1.29, 1.82) is 0 Å². The largest absolute Gasteiger partial charge is 0.351 e. The topological polar surface area (TPSA) is 33.1 Å². The van der Waals surface area contributed by atoms with Gasteiger partial charge in [-0.15, -0.1) is 0 Å². The van der Waals surface area contributed by atoms with Crippen LogP contribution >= 0.6 is 28.1 Å². The van der Waals surface area contributed by atoms with Crippen LogP contribution in [0.4, 0.5) is 5.69 Å².